The third-order valence-electron chi connectivity index (χ3n) is 2.78. The molecule has 0 radical (unpaired) electrons. The van der Waals surface area contributed by atoms with Crippen molar-refractivity contribution in [2.75, 3.05) is 6.61 Å². The van der Waals surface area contributed by atoms with Gasteiger partial charge in [-0.2, -0.15) is 0 Å². The summed E-state index contributed by atoms with van der Waals surface area (Å²) in [6.45, 7) is 2.32. The van der Waals surface area contributed by atoms with Gasteiger partial charge in [0.05, 0.1) is 27.1 Å². The number of carbonyl (C=O) groups is 1. The van der Waals surface area contributed by atoms with Crippen LogP contribution in [0.2, 0.25) is 10.0 Å². The van der Waals surface area contributed by atoms with E-state index >= 15 is 0 Å². The first-order valence-electron chi connectivity index (χ1n) is 6.46. The Labute approximate surface area is 134 Å². The fourth-order valence-electron chi connectivity index (χ4n) is 1.65. The summed E-state index contributed by atoms with van der Waals surface area (Å²) < 4.78 is 27.7. The van der Waals surface area contributed by atoms with Gasteiger partial charge in [0.2, 0.25) is 10.0 Å². The average molecular weight is 354 g/mol. The lowest BCUT2D eigenvalue weighted by molar-refractivity contribution is 0.0497. The molecule has 1 aromatic carbocycles. The van der Waals surface area contributed by atoms with E-state index in [2.05, 4.69) is 6.92 Å². The van der Waals surface area contributed by atoms with Crippen molar-refractivity contribution < 1.29 is 17.9 Å². The van der Waals surface area contributed by atoms with Crippen LogP contribution in [-0.2, 0) is 14.8 Å². The van der Waals surface area contributed by atoms with Crippen molar-refractivity contribution in [1.29, 1.82) is 0 Å². The molecule has 0 bridgehead atoms. The average Bonchev–Trinajstić information content (AvgIpc) is 2.40. The van der Waals surface area contributed by atoms with Crippen LogP contribution in [-0.4, -0.2) is 21.0 Å². The predicted molar refractivity (Wildman–Crippen MR) is 82.3 cm³/mol. The van der Waals surface area contributed by atoms with Gasteiger partial charge in [0.25, 0.3) is 0 Å². The number of ether oxygens (including phenoxy) is 1. The molecule has 8 heteroatoms. The van der Waals surface area contributed by atoms with Crippen LogP contribution in [0, 0.1) is 0 Å². The molecule has 2 N–H and O–H groups in total. The van der Waals surface area contributed by atoms with Crippen LogP contribution in [0.15, 0.2) is 17.0 Å². The van der Waals surface area contributed by atoms with Crippen molar-refractivity contribution in [2.24, 2.45) is 5.14 Å². The highest BCUT2D eigenvalue weighted by Gasteiger charge is 2.20. The van der Waals surface area contributed by atoms with Gasteiger partial charge in [0.15, 0.2) is 0 Å². The molecule has 0 fully saturated rings. The van der Waals surface area contributed by atoms with E-state index in [1.807, 2.05) is 0 Å². The normalized spacial score (nSPS) is 11.4. The van der Waals surface area contributed by atoms with Crippen LogP contribution in [0.1, 0.15) is 43.0 Å². The van der Waals surface area contributed by atoms with Gasteiger partial charge in [-0.3, -0.25) is 0 Å². The van der Waals surface area contributed by atoms with Crippen molar-refractivity contribution in [2.45, 2.75) is 37.5 Å². The van der Waals surface area contributed by atoms with Gasteiger partial charge in [-0.15, -0.1) is 0 Å². The Hall–Kier alpha value is -0.820. The van der Waals surface area contributed by atoms with E-state index in [0.717, 1.165) is 37.8 Å². The first kappa shape index (κ1) is 18.2. The van der Waals surface area contributed by atoms with Crippen LogP contribution in [0.25, 0.3) is 0 Å². The van der Waals surface area contributed by atoms with Crippen molar-refractivity contribution in [3.63, 3.8) is 0 Å². The molecule has 5 nitrogen and oxygen atoms in total. The summed E-state index contributed by atoms with van der Waals surface area (Å²) in [5, 5.41) is 4.90. The van der Waals surface area contributed by atoms with Gasteiger partial charge in [0.1, 0.15) is 0 Å². The van der Waals surface area contributed by atoms with Crippen molar-refractivity contribution in [3.05, 3.63) is 27.7 Å². The number of carbonyl (C=O) groups excluding carboxylic acids is 1. The summed E-state index contributed by atoms with van der Waals surface area (Å²) in [5.41, 5.74) is -0.108. The first-order valence-corrected chi connectivity index (χ1v) is 8.76. The van der Waals surface area contributed by atoms with E-state index in [1.165, 1.54) is 0 Å². The molecule has 0 aliphatic carbocycles. The molecule has 0 aromatic heterocycles. The third-order valence-corrected chi connectivity index (χ3v) is 4.48. The Balaban J connectivity index is 2.86. The van der Waals surface area contributed by atoms with Gasteiger partial charge in [0, 0.05) is 0 Å². The molecule has 1 rings (SSSR count). The zero-order valence-electron chi connectivity index (χ0n) is 11.6. The van der Waals surface area contributed by atoms with Gasteiger partial charge >= 0.3 is 5.97 Å². The second kappa shape index (κ2) is 7.98. The van der Waals surface area contributed by atoms with Crippen LogP contribution in [0.3, 0.4) is 0 Å². The molecule has 0 saturated carbocycles. The van der Waals surface area contributed by atoms with E-state index in [9.17, 15) is 13.2 Å². The molecular weight excluding hydrogens is 337 g/mol. The highest BCUT2D eigenvalue weighted by Crippen LogP contribution is 2.29. The fraction of sp³-hybridized carbons (Fsp3) is 0.462. The highest BCUT2D eigenvalue weighted by atomic mass is 35.5. The number of benzene rings is 1. The van der Waals surface area contributed by atoms with E-state index < -0.39 is 16.0 Å². The molecule has 0 amide bonds. The number of sulfonamides is 1. The summed E-state index contributed by atoms with van der Waals surface area (Å²) in [6.07, 6.45) is 3.83. The molecule has 0 atom stereocenters. The van der Waals surface area contributed by atoms with E-state index in [1.54, 1.807) is 0 Å². The lowest BCUT2D eigenvalue weighted by atomic mass is 10.2. The van der Waals surface area contributed by atoms with Gasteiger partial charge in [-0.1, -0.05) is 49.4 Å². The van der Waals surface area contributed by atoms with Crippen LogP contribution >= 0.6 is 23.2 Å². The van der Waals surface area contributed by atoms with Crippen molar-refractivity contribution in [3.8, 4) is 0 Å². The molecule has 0 aliphatic rings. The minimum atomic E-state index is -3.98. The number of hydrogen-bond acceptors (Lipinski definition) is 4. The minimum Gasteiger partial charge on any atom is -0.462 e. The number of primary sulfonamides is 1. The zero-order valence-corrected chi connectivity index (χ0v) is 13.9. The van der Waals surface area contributed by atoms with Crippen LogP contribution in [0.5, 0.6) is 0 Å². The monoisotopic (exact) mass is 353 g/mol. The molecule has 0 heterocycles. The third kappa shape index (κ3) is 5.47. The van der Waals surface area contributed by atoms with Crippen LogP contribution in [0.4, 0.5) is 0 Å². The van der Waals surface area contributed by atoms with E-state index in [-0.39, 0.29) is 27.1 Å². The molecule has 0 spiro atoms. The maximum atomic E-state index is 11.9. The second-order valence-corrected chi connectivity index (χ2v) is 6.85. The summed E-state index contributed by atoms with van der Waals surface area (Å²) in [7, 11) is -3.98. The number of hydrogen-bond donors (Lipinski definition) is 1. The van der Waals surface area contributed by atoms with Gasteiger partial charge in [-0.05, 0) is 18.6 Å². The second-order valence-electron chi connectivity index (χ2n) is 4.51. The Morgan fingerprint density at radius 1 is 1.24 bits per heavy atom. The van der Waals surface area contributed by atoms with Crippen molar-refractivity contribution in [1.82, 2.24) is 0 Å². The molecule has 1 aromatic rings. The lowest BCUT2D eigenvalue weighted by Crippen LogP contribution is -2.14. The SMILES string of the molecule is CCCCCCOC(=O)c1cc(S(N)(=O)=O)cc(Cl)c1Cl. The van der Waals surface area contributed by atoms with Gasteiger partial charge < -0.3 is 4.74 Å². The topological polar surface area (TPSA) is 86.5 Å². The molecule has 0 saturated heterocycles. The molecule has 21 heavy (non-hydrogen) atoms. The summed E-state index contributed by atoms with van der Waals surface area (Å²) in [6, 6.07) is 2.16. The Kier molecular flexibility index (Phi) is 6.93. The van der Waals surface area contributed by atoms with Gasteiger partial charge in [-0.25, -0.2) is 18.4 Å². The quantitative estimate of drug-likeness (QED) is 0.601. The smallest absolute Gasteiger partial charge is 0.339 e. The number of halogens is 2. The first-order chi connectivity index (χ1) is 9.77. The summed E-state index contributed by atoms with van der Waals surface area (Å²) in [5.74, 6) is -0.719. The number of unbranched alkanes of at least 4 members (excludes halogenated alkanes) is 3. The Morgan fingerprint density at radius 2 is 1.90 bits per heavy atom. The summed E-state index contributed by atoms with van der Waals surface area (Å²) >= 11 is 11.7. The minimum absolute atomic E-state index is 0.0531. The zero-order chi connectivity index (χ0) is 16.0. The number of nitrogens with two attached hydrogens (primary N) is 1. The molecule has 0 aliphatic heterocycles. The predicted octanol–water partition coefficient (Wildman–Crippen LogP) is 3.38. The Bertz CT molecular complexity index is 617. The lowest BCUT2D eigenvalue weighted by Gasteiger charge is -2.09. The Morgan fingerprint density at radius 3 is 2.48 bits per heavy atom. The number of rotatable bonds is 7. The molecular formula is C13H17Cl2NO4S. The standard InChI is InChI=1S/C13H17Cl2NO4S/c1-2-3-4-5-6-20-13(17)10-7-9(21(16,18)19)8-11(14)12(10)15/h7-8H,2-6H2,1H3,(H2,16,18,19). The highest BCUT2D eigenvalue weighted by molar-refractivity contribution is 7.89. The van der Waals surface area contributed by atoms with E-state index in [4.69, 9.17) is 33.1 Å². The van der Waals surface area contributed by atoms with Crippen molar-refractivity contribution >= 4 is 39.2 Å². The molecule has 118 valence electrons. The number of esters is 1. The maximum Gasteiger partial charge on any atom is 0.339 e. The largest absolute Gasteiger partial charge is 0.462 e. The van der Waals surface area contributed by atoms with E-state index in [0.29, 0.717) is 0 Å². The summed E-state index contributed by atoms with van der Waals surface area (Å²) in [4.78, 5) is 11.6. The fourth-order valence-corrected chi connectivity index (χ4v) is 2.68. The molecule has 0 unspecified atom stereocenters. The maximum absolute atomic E-state index is 11.9. The van der Waals surface area contributed by atoms with Crippen LogP contribution < -0.4 is 5.14 Å².